The largest absolute Gasteiger partial charge is 0.462 e. The van der Waals surface area contributed by atoms with Gasteiger partial charge in [-0.25, -0.2) is 9.78 Å². The number of nitrogens with one attached hydrogen (secondary N) is 1. The van der Waals surface area contributed by atoms with Gasteiger partial charge >= 0.3 is 5.97 Å². The van der Waals surface area contributed by atoms with E-state index in [0.717, 1.165) is 35.1 Å². The van der Waals surface area contributed by atoms with Gasteiger partial charge in [0.15, 0.2) is 0 Å². The summed E-state index contributed by atoms with van der Waals surface area (Å²) in [5.41, 5.74) is 4.13. The van der Waals surface area contributed by atoms with Gasteiger partial charge in [-0.2, -0.15) is 0 Å². The fourth-order valence-electron chi connectivity index (χ4n) is 3.58. The fourth-order valence-corrected chi connectivity index (χ4v) is 3.70. The van der Waals surface area contributed by atoms with Crippen molar-refractivity contribution in [2.45, 2.75) is 32.7 Å². The van der Waals surface area contributed by atoms with E-state index >= 15 is 0 Å². The summed E-state index contributed by atoms with van der Waals surface area (Å²) < 4.78 is 7.63. The molecule has 0 saturated heterocycles. The molecule has 0 unspecified atom stereocenters. The van der Waals surface area contributed by atoms with Crippen LogP contribution in [0.15, 0.2) is 59.8 Å². The van der Waals surface area contributed by atoms with Crippen LogP contribution in [-0.4, -0.2) is 22.1 Å². The molecule has 1 aromatic heterocycles. The van der Waals surface area contributed by atoms with Crippen LogP contribution in [0.1, 0.15) is 38.3 Å². The van der Waals surface area contributed by atoms with E-state index < -0.39 is 0 Å². The summed E-state index contributed by atoms with van der Waals surface area (Å²) in [5, 5.41) is 3.94. The van der Waals surface area contributed by atoms with Gasteiger partial charge in [0.25, 0.3) is 0 Å². The minimum atomic E-state index is -0.338. The first-order chi connectivity index (χ1) is 13.6. The lowest BCUT2D eigenvalue weighted by atomic mass is 9.95. The highest BCUT2D eigenvalue weighted by atomic mass is 35.5. The Bertz CT molecular complexity index is 1050. The third-order valence-corrected chi connectivity index (χ3v) is 5.22. The maximum Gasteiger partial charge on any atom is 0.338 e. The second kappa shape index (κ2) is 7.68. The number of unbranched alkanes of at least 4 members (excludes halogenated alkanes) is 1. The molecule has 4 rings (SSSR count). The van der Waals surface area contributed by atoms with Crippen LogP contribution in [0.3, 0.4) is 0 Å². The zero-order chi connectivity index (χ0) is 19.7. The van der Waals surface area contributed by atoms with Crippen molar-refractivity contribution in [2.75, 3.05) is 11.9 Å². The number of halogens is 1. The molecule has 1 atom stereocenters. The molecule has 3 aromatic rings. The van der Waals surface area contributed by atoms with Crippen LogP contribution in [0.25, 0.3) is 11.0 Å². The van der Waals surface area contributed by atoms with Gasteiger partial charge in [0, 0.05) is 10.7 Å². The molecule has 5 nitrogen and oxygen atoms in total. The van der Waals surface area contributed by atoms with Crippen molar-refractivity contribution in [3.05, 3.63) is 70.4 Å². The summed E-state index contributed by atoms with van der Waals surface area (Å²) in [5.74, 6) is 0.408. The molecule has 0 amide bonds. The number of esters is 1. The molecule has 144 valence electrons. The molecule has 0 radical (unpaired) electrons. The Hall–Kier alpha value is -2.79. The summed E-state index contributed by atoms with van der Waals surface area (Å²) in [7, 11) is 0. The molecule has 1 aliphatic heterocycles. The quantitative estimate of drug-likeness (QED) is 0.469. The number of rotatable bonds is 5. The van der Waals surface area contributed by atoms with E-state index in [0.29, 0.717) is 23.2 Å². The Morgan fingerprint density at radius 3 is 2.71 bits per heavy atom. The SMILES string of the molecule is CCCCOC(=O)C1=C(C)Nc2nc3ccccc3n2[C@@H]1c1ccc(Cl)cc1. The number of nitrogens with zero attached hydrogens (tertiary/aromatic N) is 2. The van der Waals surface area contributed by atoms with Gasteiger partial charge < -0.3 is 10.1 Å². The van der Waals surface area contributed by atoms with Crippen LogP contribution in [-0.2, 0) is 9.53 Å². The third-order valence-electron chi connectivity index (χ3n) is 4.97. The summed E-state index contributed by atoms with van der Waals surface area (Å²) >= 11 is 6.10. The van der Waals surface area contributed by atoms with Gasteiger partial charge in [0.05, 0.1) is 29.3 Å². The monoisotopic (exact) mass is 395 g/mol. The Morgan fingerprint density at radius 2 is 1.96 bits per heavy atom. The number of benzene rings is 2. The fraction of sp³-hybridized carbons (Fsp3) is 0.273. The van der Waals surface area contributed by atoms with Crippen LogP contribution in [0.5, 0.6) is 0 Å². The highest BCUT2D eigenvalue weighted by molar-refractivity contribution is 6.30. The van der Waals surface area contributed by atoms with Crippen LogP contribution in [0.2, 0.25) is 5.02 Å². The summed E-state index contributed by atoms with van der Waals surface area (Å²) in [4.78, 5) is 17.7. The molecule has 1 N–H and O–H groups in total. The van der Waals surface area contributed by atoms with E-state index in [9.17, 15) is 4.79 Å². The van der Waals surface area contributed by atoms with Crippen LogP contribution >= 0.6 is 11.6 Å². The number of aromatic nitrogens is 2. The second-order valence-electron chi connectivity index (χ2n) is 6.90. The smallest absolute Gasteiger partial charge is 0.338 e. The van der Waals surface area contributed by atoms with Crippen LogP contribution in [0.4, 0.5) is 5.95 Å². The topological polar surface area (TPSA) is 56.1 Å². The molecule has 0 fully saturated rings. The summed E-state index contributed by atoms with van der Waals surface area (Å²) in [6.07, 6.45) is 1.82. The highest BCUT2D eigenvalue weighted by Crippen LogP contribution is 2.39. The van der Waals surface area contributed by atoms with E-state index in [-0.39, 0.29) is 12.0 Å². The first-order valence-electron chi connectivity index (χ1n) is 9.47. The number of hydrogen-bond donors (Lipinski definition) is 1. The Labute approximate surface area is 169 Å². The van der Waals surface area contributed by atoms with E-state index in [1.807, 2.05) is 55.5 Å². The van der Waals surface area contributed by atoms with Gasteiger partial charge in [-0.05, 0) is 43.2 Å². The van der Waals surface area contributed by atoms with Crippen molar-refractivity contribution in [3.8, 4) is 0 Å². The van der Waals surface area contributed by atoms with Crippen molar-refractivity contribution in [2.24, 2.45) is 0 Å². The van der Waals surface area contributed by atoms with Crippen molar-refractivity contribution in [1.29, 1.82) is 0 Å². The normalized spacial score (nSPS) is 16.0. The maximum atomic E-state index is 13.0. The Balaban J connectivity index is 1.86. The molecule has 2 heterocycles. The van der Waals surface area contributed by atoms with E-state index in [4.69, 9.17) is 21.3 Å². The predicted octanol–water partition coefficient (Wildman–Crippen LogP) is 5.32. The minimum absolute atomic E-state index is 0.304. The Kier molecular flexibility index (Phi) is 5.09. The molecule has 0 spiro atoms. The zero-order valence-corrected chi connectivity index (χ0v) is 16.7. The molecule has 0 bridgehead atoms. The number of allylic oxidation sites excluding steroid dienone is 1. The summed E-state index contributed by atoms with van der Waals surface area (Å²) in [6, 6.07) is 15.1. The molecule has 6 heteroatoms. The lowest BCUT2D eigenvalue weighted by molar-refractivity contribution is -0.139. The molecular formula is C22H22ClN3O2. The van der Waals surface area contributed by atoms with Gasteiger partial charge in [-0.3, -0.25) is 4.57 Å². The first-order valence-corrected chi connectivity index (χ1v) is 9.85. The second-order valence-corrected chi connectivity index (χ2v) is 7.34. The molecule has 0 saturated carbocycles. The maximum absolute atomic E-state index is 13.0. The van der Waals surface area contributed by atoms with Gasteiger partial charge in [0.2, 0.25) is 5.95 Å². The van der Waals surface area contributed by atoms with Crippen molar-refractivity contribution in [3.63, 3.8) is 0 Å². The lowest BCUT2D eigenvalue weighted by Crippen LogP contribution is -2.29. The number of hydrogen-bond acceptors (Lipinski definition) is 4. The zero-order valence-electron chi connectivity index (χ0n) is 15.9. The molecule has 2 aromatic carbocycles. The van der Waals surface area contributed by atoms with E-state index in [1.165, 1.54) is 0 Å². The number of carbonyl (C=O) groups excluding carboxylic acids is 1. The predicted molar refractivity (Wildman–Crippen MR) is 112 cm³/mol. The first kappa shape index (κ1) is 18.6. The highest BCUT2D eigenvalue weighted by Gasteiger charge is 2.34. The number of anilines is 1. The number of carbonyl (C=O) groups is 1. The number of fused-ring (bicyclic) bond motifs is 3. The standard InChI is InChI=1S/C22H22ClN3O2/c1-3-4-13-28-21(27)19-14(2)24-22-25-17-7-5-6-8-18(17)26(22)20(19)15-9-11-16(23)12-10-15/h5-12,20H,3-4,13H2,1-2H3,(H,24,25)/t20-/m1/s1. The minimum Gasteiger partial charge on any atom is -0.462 e. The number of ether oxygens (including phenoxy) is 1. The van der Waals surface area contributed by atoms with E-state index in [2.05, 4.69) is 16.8 Å². The third kappa shape index (κ3) is 3.27. The number of para-hydroxylation sites is 2. The molecular weight excluding hydrogens is 374 g/mol. The lowest BCUT2D eigenvalue weighted by Gasteiger charge is -2.30. The van der Waals surface area contributed by atoms with Crippen molar-refractivity contribution >= 4 is 34.6 Å². The van der Waals surface area contributed by atoms with Crippen LogP contribution < -0.4 is 5.32 Å². The van der Waals surface area contributed by atoms with Crippen molar-refractivity contribution < 1.29 is 9.53 Å². The van der Waals surface area contributed by atoms with Gasteiger partial charge in [-0.15, -0.1) is 0 Å². The number of imidazole rings is 1. The van der Waals surface area contributed by atoms with Gasteiger partial charge in [-0.1, -0.05) is 49.2 Å². The average molecular weight is 396 g/mol. The van der Waals surface area contributed by atoms with Gasteiger partial charge in [0.1, 0.15) is 0 Å². The van der Waals surface area contributed by atoms with Crippen LogP contribution in [0, 0.1) is 0 Å². The summed E-state index contributed by atoms with van der Waals surface area (Å²) in [6.45, 7) is 4.38. The average Bonchev–Trinajstić information content (AvgIpc) is 3.05. The van der Waals surface area contributed by atoms with E-state index in [1.54, 1.807) is 0 Å². The molecule has 0 aliphatic carbocycles. The van der Waals surface area contributed by atoms with Crippen molar-refractivity contribution in [1.82, 2.24) is 9.55 Å². The Morgan fingerprint density at radius 1 is 1.21 bits per heavy atom. The molecule has 1 aliphatic rings. The molecule has 28 heavy (non-hydrogen) atoms.